The lowest BCUT2D eigenvalue weighted by molar-refractivity contribution is -0.111. The first-order valence-corrected chi connectivity index (χ1v) is 7.93. The summed E-state index contributed by atoms with van der Waals surface area (Å²) in [4.78, 5) is 12.0. The minimum absolute atomic E-state index is 0.238. The largest absolute Gasteiger partial charge is 0.494 e. The molecule has 1 aromatic heterocycles. The highest BCUT2D eigenvalue weighted by atomic mass is 35.5. The van der Waals surface area contributed by atoms with Crippen LogP contribution in [0.4, 0.5) is 5.69 Å². The number of carbonyl (C=O) groups is 1. The van der Waals surface area contributed by atoms with Gasteiger partial charge in [-0.15, -0.1) is 0 Å². The third-order valence-corrected chi connectivity index (χ3v) is 3.56. The lowest BCUT2D eigenvalue weighted by Gasteiger charge is -2.05. The van der Waals surface area contributed by atoms with Crippen LogP contribution in [0.5, 0.6) is 5.75 Å². The van der Waals surface area contributed by atoms with Crippen LogP contribution in [-0.2, 0) is 4.79 Å². The van der Waals surface area contributed by atoms with E-state index in [1.807, 2.05) is 31.2 Å². The number of amides is 1. The molecular weight excluding hydrogens is 326 g/mol. The molecule has 0 atom stereocenters. The number of furan rings is 1. The number of nitrogens with one attached hydrogen (secondary N) is 1. The van der Waals surface area contributed by atoms with Gasteiger partial charge in [0.2, 0.25) is 5.91 Å². The molecule has 3 aromatic rings. The van der Waals surface area contributed by atoms with E-state index in [0.717, 1.165) is 16.7 Å². The van der Waals surface area contributed by atoms with Gasteiger partial charge >= 0.3 is 0 Å². The molecule has 4 nitrogen and oxygen atoms in total. The Balaban J connectivity index is 1.65. The molecule has 0 saturated heterocycles. The Morgan fingerprint density at radius 3 is 2.75 bits per heavy atom. The quantitative estimate of drug-likeness (QED) is 0.654. The fraction of sp³-hybridized carbons (Fsp3) is 0.105. The zero-order valence-corrected chi connectivity index (χ0v) is 13.8. The summed E-state index contributed by atoms with van der Waals surface area (Å²) in [5.41, 5.74) is 1.43. The van der Waals surface area contributed by atoms with E-state index in [1.54, 1.807) is 30.3 Å². The van der Waals surface area contributed by atoms with Crippen molar-refractivity contribution in [2.75, 3.05) is 11.9 Å². The van der Waals surface area contributed by atoms with Crippen LogP contribution in [0.3, 0.4) is 0 Å². The Morgan fingerprint density at radius 1 is 1.21 bits per heavy atom. The van der Waals surface area contributed by atoms with Crippen molar-refractivity contribution in [3.63, 3.8) is 0 Å². The molecule has 0 bridgehead atoms. The molecule has 0 saturated carbocycles. The van der Waals surface area contributed by atoms with Crippen molar-refractivity contribution in [1.82, 2.24) is 0 Å². The molecule has 0 aliphatic carbocycles. The van der Waals surface area contributed by atoms with E-state index in [2.05, 4.69) is 5.32 Å². The van der Waals surface area contributed by atoms with Crippen molar-refractivity contribution in [3.05, 3.63) is 65.4 Å². The number of benzene rings is 2. The Bertz CT molecular complexity index is 881. The van der Waals surface area contributed by atoms with Crippen LogP contribution in [0, 0.1) is 0 Å². The number of fused-ring (bicyclic) bond motifs is 1. The second kappa shape index (κ2) is 7.23. The average Bonchev–Trinajstić information content (AvgIpc) is 2.97. The number of rotatable bonds is 5. The normalized spacial score (nSPS) is 11.1. The van der Waals surface area contributed by atoms with Crippen LogP contribution in [0.25, 0.3) is 17.0 Å². The van der Waals surface area contributed by atoms with Crippen LogP contribution < -0.4 is 10.1 Å². The number of ether oxygens (including phenoxy) is 1. The predicted molar refractivity (Wildman–Crippen MR) is 96.5 cm³/mol. The molecule has 1 heterocycles. The highest BCUT2D eigenvalue weighted by Crippen LogP contribution is 2.23. The molecule has 0 unspecified atom stereocenters. The summed E-state index contributed by atoms with van der Waals surface area (Å²) in [6, 6.07) is 14.4. The van der Waals surface area contributed by atoms with Crippen molar-refractivity contribution >= 4 is 40.2 Å². The lowest BCUT2D eigenvalue weighted by atomic mass is 10.2. The molecule has 24 heavy (non-hydrogen) atoms. The van der Waals surface area contributed by atoms with E-state index >= 15 is 0 Å². The van der Waals surface area contributed by atoms with Crippen LogP contribution >= 0.6 is 11.6 Å². The van der Waals surface area contributed by atoms with Gasteiger partial charge < -0.3 is 14.5 Å². The first-order chi connectivity index (χ1) is 11.6. The molecule has 1 N–H and O–H groups in total. The molecule has 0 aliphatic rings. The molecule has 0 fully saturated rings. The average molecular weight is 342 g/mol. The maximum atomic E-state index is 12.0. The summed E-state index contributed by atoms with van der Waals surface area (Å²) in [7, 11) is 0. The first kappa shape index (κ1) is 16.1. The van der Waals surface area contributed by atoms with Crippen LogP contribution in [0.2, 0.25) is 5.02 Å². The maximum absolute atomic E-state index is 12.0. The van der Waals surface area contributed by atoms with Gasteiger partial charge in [-0.2, -0.15) is 0 Å². The molecule has 1 amide bonds. The molecule has 2 aromatic carbocycles. The highest BCUT2D eigenvalue weighted by Gasteiger charge is 2.03. The molecule has 0 spiro atoms. The maximum Gasteiger partial charge on any atom is 0.248 e. The SMILES string of the molecule is CCOc1ccc(NC(=O)C=Cc2cc3cc(Cl)ccc3o2)cc1. The van der Waals surface area contributed by atoms with Gasteiger partial charge in [-0.25, -0.2) is 0 Å². The molecule has 0 radical (unpaired) electrons. The van der Waals surface area contributed by atoms with Crippen molar-refractivity contribution in [2.45, 2.75) is 6.92 Å². The first-order valence-electron chi connectivity index (χ1n) is 7.55. The van der Waals surface area contributed by atoms with Gasteiger partial charge in [-0.3, -0.25) is 4.79 Å². The van der Waals surface area contributed by atoms with Gasteiger partial charge in [0.25, 0.3) is 0 Å². The summed E-state index contributed by atoms with van der Waals surface area (Å²) in [5.74, 6) is 1.12. The van der Waals surface area contributed by atoms with E-state index < -0.39 is 0 Å². The Kier molecular flexibility index (Phi) is 4.87. The van der Waals surface area contributed by atoms with E-state index in [-0.39, 0.29) is 5.91 Å². The Morgan fingerprint density at radius 2 is 2.00 bits per heavy atom. The summed E-state index contributed by atoms with van der Waals surface area (Å²) in [6.45, 7) is 2.53. The molecule has 122 valence electrons. The minimum atomic E-state index is -0.238. The fourth-order valence-corrected chi connectivity index (χ4v) is 2.44. The van der Waals surface area contributed by atoms with Gasteiger partial charge in [0.1, 0.15) is 17.1 Å². The Hall–Kier alpha value is -2.72. The van der Waals surface area contributed by atoms with Crippen LogP contribution in [0.1, 0.15) is 12.7 Å². The number of halogens is 1. The van der Waals surface area contributed by atoms with Gasteiger partial charge in [0.05, 0.1) is 6.61 Å². The predicted octanol–water partition coefficient (Wildman–Crippen LogP) is 5.14. The van der Waals surface area contributed by atoms with Crippen molar-refractivity contribution in [1.29, 1.82) is 0 Å². The van der Waals surface area contributed by atoms with Gasteiger partial charge in [-0.1, -0.05) is 11.6 Å². The van der Waals surface area contributed by atoms with Crippen molar-refractivity contribution in [2.24, 2.45) is 0 Å². The zero-order valence-electron chi connectivity index (χ0n) is 13.1. The number of carbonyl (C=O) groups excluding carboxylic acids is 1. The second-order valence-corrected chi connectivity index (χ2v) is 5.55. The van der Waals surface area contributed by atoms with Crippen LogP contribution in [-0.4, -0.2) is 12.5 Å². The smallest absolute Gasteiger partial charge is 0.248 e. The third-order valence-electron chi connectivity index (χ3n) is 3.33. The zero-order chi connectivity index (χ0) is 16.9. The topological polar surface area (TPSA) is 51.5 Å². The van der Waals surface area contributed by atoms with Crippen molar-refractivity contribution in [3.8, 4) is 5.75 Å². The highest BCUT2D eigenvalue weighted by molar-refractivity contribution is 6.31. The summed E-state index contributed by atoms with van der Waals surface area (Å²) in [5, 5.41) is 4.32. The van der Waals surface area contributed by atoms with Crippen molar-refractivity contribution < 1.29 is 13.9 Å². The van der Waals surface area contributed by atoms with E-state index in [9.17, 15) is 4.79 Å². The monoisotopic (exact) mass is 341 g/mol. The molecule has 5 heteroatoms. The second-order valence-electron chi connectivity index (χ2n) is 5.11. The fourth-order valence-electron chi connectivity index (χ4n) is 2.26. The molecule has 0 aliphatic heterocycles. The van der Waals surface area contributed by atoms with Gasteiger partial charge in [0.15, 0.2) is 0 Å². The van der Waals surface area contributed by atoms with Crippen LogP contribution in [0.15, 0.2) is 59.0 Å². The Labute approximate surface area is 144 Å². The molecular formula is C19H16ClNO3. The number of hydrogen-bond acceptors (Lipinski definition) is 3. The van der Waals surface area contributed by atoms with E-state index in [1.165, 1.54) is 6.08 Å². The number of anilines is 1. The minimum Gasteiger partial charge on any atom is -0.494 e. The van der Waals surface area contributed by atoms with E-state index in [4.69, 9.17) is 20.8 Å². The summed E-state index contributed by atoms with van der Waals surface area (Å²) < 4.78 is 11.0. The summed E-state index contributed by atoms with van der Waals surface area (Å²) >= 11 is 5.94. The molecule has 3 rings (SSSR count). The number of hydrogen-bond donors (Lipinski definition) is 1. The van der Waals surface area contributed by atoms with Gasteiger partial charge in [0, 0.05) is 22.2 Å². The third kappa shape index (κ3) is 3.97. The lowest BCUT2D eigenvalue weighted by Crippen LogP contribution is -2.07. The standard InChI is InChI=1S/C19H16ClNO3/c1-2-23-16-6-4-15(5-7-16)21-19(22)10-8-17-12-13-11-14(20)3-9-18(13)24-17/h3-12H,2H2,1H3,(H,21,22). The summed E-state index contributed by atoms with van der Waals surface area (Å²) in [6.07, 6.45) is 3.05. The van der Waals surface area contributed by atoms with E-state index in [0.29, 0.717) is 23.1 Å². The van der Waals surface area contributed by atoms with Gasteiger partial charge in [-0.05, 0) is 61.5 Å².